The van der Waals surface area contributed by atoms with Crippen molar-refractivity contribution in [1.82, 2.24) is 0 Å². The highest BCUT2D eigenvalue weighted by molar-refractivity contribution is 9.10. The first-order valence-electron chi connectivity index (χ1n) is 7.37. The van der Waals surface area contributed by atoms with E-state index in [1.807, 2.05) is 0 Å². The van der Waals surface area contributed by atoms with Crippen LogP contribution in [0.15, 0.2) is 22.7 Å². The summed E-state index contributed by atoms with van der Waals surface area (Å²) in [6, 6.07) is 4.94. The van der Waals surface area contributed by atoms with Crippen molar-refractivity contribution in [1.29, 1.82) is 0 Å². The van der Waals surface area contributed by atoms with Gasteiger partial charge in [-0.2, -0.15) is 0 Å². The third-order valence-corrected chi connectivity index (χ3v) is 4.75. The molecular formula is C16H24BrO6P. The first kappa shape index (κ1) is 21.3. The summed E-state index contributed by atoms with van der Waals surface area (Å²) >= 11 is 3.27. The van der Waals surface area contributed by atoms with Gasteiger partial charge in [0.25, 0.3) is 0 Å². The maximum absolute atomic E-state index is 12.8. The van der Waals surface area contributed by atoms with Crippen LogP contribution in [0, 0.1) is 0 Å². The van der Waals surface area contributed by atoms with Crippen molar-refractivity contribution in [2.75, 3.05) is 6.79 Å². The fraction of sp³-hybridized carbons (Fsp3) is 0.562. The number of halogens is 1. The quantitative estimate of drug-likeness (QED) is 0.334. The summed E-state index contributed by atoms with van der Waals surface area (Å²) in [6.45, 7) is 10.1. The summed E-state index contributed by atoms with van der Waals surface area (Å²) in [5, 5.41) is 0. The van der Waals surface area contributed by atoms with Gasteiger partial charge < -0.3 is 4.74 Å². The lowest BCUT2D eigenvalue weighted by atomic mass is 10.2. The molecule has 0 bridgehead atoms. The van der Waals surface area contributed by atoms with Crippen molar-refractivity contribution in [3.63, 3.8) is 0 Å². The Morgan fingerprint density at radius 1 is 1.08 bits per heavy atom. The van der Waals surface area contributed by atoms with Crippen molar-refractivity contribution in [3.05, 3.63) is 28.2 Å². The van der Waals surface area contributed by atoms with Crippen LogP contribution in [0.3, 0.4) is 0 Å². The van der Waals surface area contributed by atoms with Gasteiger partial charge in [-0.15, -0.1) is 0 Å². The summed E-state index contributed by atoms with van der Waals surface area (Å²) in [5.41, 5.74) is -1.12. The van der Waals surface area contributed by atoms with Crippen molar-refractivity contribution in [2.24, 2.45) is 0 Å². The molecule has 0 heterocycles. The Kier molecular flexibility index (Phi) is 7.20. The number of phosphoric acid groups is 1. The largest absolute Gasteiger partial charge is 0.478 e. The Labute approximate surface area is 151 Å². The van der Waals surface area contributed by atoms with E-state index in [9.17, 15) is 9.36 Å². The molecule has 0 amide bonds. The molecule has 0 aliphatic rings. The predicted octanol–water partition coefficient (Wildman–Crippen LogP) is 5.35. The SMILES string of the molecule is CC(C)(C)OP(=O)(OCOc1ccc(Br)cc1C=O)OC(C)(C)C. The number of hydrogen-bond donors (Lipinski definition) is 0. The van der Waals surface area contributed by atoms with Gasteiger partial charge in [-0.25, -0.2) is 9.09 Å². The van der Waals surface area contributed by atoms with Crippen LogP contribution < -0.4 is 4.74 Å². The predicted molar refractivity (Wildman–Crippen MR) is 95.4 cm³/mol. The van der Waals surface area contributed by atoms with Crippen molar-refractivity contribution in [3.8, 4) is 5.75 Å². The van der Waals surface area contributed by atoms with Crippen molar-refractivity contribution >= 4 is 30.0 Å². The zero-order chi connectivity index (χ0) is 18.6. The molecule has 6 nitrogen and oxygen atoms in total. The normalized spacial score (nSPS) is 13.0. The van der Waals surface area contributed by atoms with Crippen LogP contribution in [0.25, 0.3) is 0 Å². The third-order valence-electron chi connectivity index (χ3n) is 2.30. The second-order valence-electron chi connectivity index (χ2n) is 7.05. The van der Waals surface area contributed by atoms with E-state index in [1.54, 1.807) is 59.7 Å². The van der Waals surface area contributed by atoms with Crippen LogP contribution in [0.5, 0.6) is 5.75 Å². The minimum Gasteiger partial charge on any atom is -0.466 e. The van der Waals surface area contributed by atoms with E-state index in [1.165, 1.54) is 0 Å². The molecule has 8 heteroatoms. The number of phosphoric ester groups is 1. The van der Waals surface area contributed by atoms with Gasteiger partial charge in [-0.1, -0.05) is 15.9 Å². The summed E-state index contributed by atoms with van der Waals surface area (Å²) in [5.74, 6) is 0.311. The zero-order valence-corrected chi connectivity index (χ0v) is 17.3. The molecule has 0 fully saturated rings. The Balaban J connectivity index is 2.82. The van der Waals surface area contributed by atoms with Gasteiger partial charge in [0, 0.05) is 4.47 Å². The molecule has 0 aliphatic carbocycles. The summed E-state index contributed by atoms with van der Waals surface area (Å²) in [4.78, 5) is 11.1. The second kappa shape index (κ2) is 8.11. The fourth-order valence-electron chi connectivity index (χ4n) is 1.64. The number of hydrogen-bond acceptors (Lipinski definition) is 6. The lowest BCUT2D eigenvalue weighted by Crippen LogP contribution is -2.25. The van der Waals surface area contributed by atoms with Crippen molar-refractivity contribution in [2.45, 2.75) is 52.7 Å². The van der Waals surface area contributed by atoms with Crippen molar-refractivity contribution < 1.29 is 27.7 Å². The van der Waals surface area contributed by atoms with E-state index >= 15 is 0 Å². The van der Waals surface area contributed by atoms with Crippen LogP contribution in [0.2, 0.25) is 0 Å². The van der Waals surface area contributed by atoms with Gasteiger partial charge >= 0.3 is 7.82 Å². The average molecular weight is 423 g/mol. The number of carbonyl (C=O) groups excluding carboxylic acids is 1. The Bertz CT molecular complexity index is 598. The molecule has 0 spiro atoms. The fourth-order valence-corrected chi connectivity index (χ4v) is 3.68. The summed E-state index contributed by atoms with van der Waals surface area (Å²) in [6.07, 6.45) is 0.664. The maximum atomic E-state index is 12.8. The molecular weight excluding hydrogens is 399 g/mol. The number of aldehydes is 1. The molecule has 1 aromatic rings. The third kappa shape index (κ3) is 7.90. The Hall–Kier alpha value is -0.720. The van der Waals surface area contributed by atoms with E-state index < -0.39 is 19.0 Å². The van der Waals surface area contributed by atoms with Crippen LogP contribution in [-0.2, 0) is 18.1 Å². The summed E-state index contributed by atoms with van der Waals surface area (Å²) < 4.78 is 35.2. The zero-order valence-electron chi connectivity index (χ0n) is 14.8. The Morgan fingerprint density at radius 3 is 2.08 bits per heavy atom. The highest BCUT2D eigenvalue weighted by Crippen LogP contribution is 2.55. The van der Waals surface area contributed by atoms with Gasteiger partial charge in [0.2, 0.25) is 0 Å². The first-order valence-corrected chi connectivity index (χ1v) is 9.63. The molecule has 0 aliphatic heterocycles. The number of ether oxygens (including phenoxy) is 1. The number of benzene rings is 1. The van der Waals surface area contributed by atoms with E-state index in [4.69, 9.17) is 18.3 Å². The van der Waals surface area contributed by atoms with E-state index in [-0.39, 0.29) is 6.79 Å². The standard InChI is InChI=1S/C16H24BrO6P/c1-15(2,3)22-24(19,23-16(4,5)6)21-11-20-14-8-7-13(17)9-12(14)10-18/h7-10H,11H2,1-6H3. The van der Waals surface area contributed by atoms with Gasteiger partial charge in [-0.3, -0.25) is 13.8 Å². The molecule has 0 atom stereocenters. The minimum atomic E-state index is -3.86. The van der Waals surface area contributed by atoms with Crippen LogP contribution in [-0.4, -0.2) is 24.3 Å². The monoisotopic (exact) mass is 422 g/mol. The smallest absolute Gasteiger partial charge is 0.466 e. The molecule has 0 aromatic heterocycles. The molecule has 0 radical (unpaired) electrons. The topological polar surface area (TPSA) is 71.1 Å². The van der Waals surface area contributed by atoms with Crippen LogP contribution >= 0.6 is 23.8 Å². The van der Waals surface area contributed by atoms with Gasteiger partial charge in [-0.05, 0) is 59.7 Å². The summed E-state index contributed by atoms with van der Waals surface area (Å²) in [7, 11) is -3.86. The minimum absolute atomic E-state index is 0.311. The maximum Gasteiger partial charge on any atom is 0.478 e. The molecule has 0 saturated carbocycles. The van der Waals surface area contributed by atoms with Crippen LogP contribution in [0.4, 0.5) is 0 Å². The van der Waals surface area contributed by atoms with E-state index in [0.29, 0.717) is 17.6 Å². The highest BCUT2D eigenvalue weighted by Gasteiger charge is 2.37. The Morgan fingerprint density at radius 2 is 1.62 bits per heavy atom. The molecule has 24 heavy (non-hydrogen) atoms. The highest BCUT2D eigenvalue weighted by atomic mass is 79.9. The lowest BCUT2D eigenvalue weighted by Gasteiger charge is -2.30. The van der Waals surface area contributed by atoms with Gasteiger partial charge in [0.05, 0.1) is 16.8 Å². The average Bonchev–Trinajstić information content (AvgIpc) is 2.35. The second-order valence-corrected chi connectivity index (χ2v) is 9.48. The molecule has 1 aromatic carbocycles. The number of carbonyl (C=O) groups is 1. The molecule has 1 rings (SSSR count). The molecule has 0 N–H and O–H groups in total. The molecule has 0 unspecified atom stereocenters. The first-order chi connectivity index (χ1) is 10.8. The lowest BCUT2D eigenvalue weighted by molar-refractivity contribution is -0.0189. The number of rotatable bonds is 7. The van der Waals surface area contributed by atoms with E-state index in [2.05, 4.69) is 15.9 Å². The molecule has 0 saturated heterocycles. The van der Waals surface area contributed by atoms with Crippen LogP contribution in [0.1, 0.15) is 51.9 Å². The van der Waals surface area contributed by atoms with E-state index in [0.717, 1.165) is 4.47 Å². The molecule has 136 valence electrons. The van der Waals surface area contributed by atoms with Gasteiger partial charge in [0.1, 0.15) is 5.75 Å². The van der Waals surface area contributed by atoms with Gasteiger partial charge in [0.15, 0.2) is 13.1 Å².